The van der Waals surface area contributed by atoms with Gasteiger partial charge in [0.25, 0.3) is 0 Å². The fourth-order valence-corrected chi connectivity index (χ4v) is 1.66. The molecule has 1 unspecified atom stereocenters. The largest absolute Gasteiger partial charge is 0.315 e. The van der Waals surface area contributed by atoms with Gasteiger partial charge in [-0.15, -0.1) is 0 Å². The summed E-state index contributed by atoms with van der Waals surface area (Å²) >= 11 is 0. The zero-order chi connectivity index (χ0) is 8.48. The van der Waals surface area contributed by atoms with Crippen LogP contribution in [0.5, 0.6) is 0 Å². The Balaban J connectivity index is 2.55. The van der Waals surface area contributed by atoms with Crippen LogP contribution in [0.25, 0.3) is 0 Å². The third kappa shape index (κ3) is 2.46. The number of likely N-dealkylation sites (N-methyl/N-ethyl adjacent to an activating group) is 1. The van der Waals surface area contributed by atoms with Gasteiger partial charge in [-0.3, -0.25) is 0 Å². The van der Waals surface area contributed by atoms with E-state index < -0.39 is 0 Å². The topological polar surface area (TPSA) is 15.3 Å². The third-order valence-corrected chi connectivity index (χ3v) is 2.47. The molecule has 66 valence electrons. The molecule has 1 rings (SSSR count). The maximum atomic E-state index is 3.48. The highest BCUT2D eigenvalue weighted by Gasteiger charge is 2.25. The fraction of sp³-hybridized carbons (Fsp3) is 1.00. The minimum absolute atomic E-state index is 0.430. The Hall–Kier alpha value is -0.0800. The highest BCUT2D eigenvalue weighted by Crippen LogP contribution is 2.18. The van der Waals surface area contributed by atoms with E-state index in [1.54, 1.807) is 0 Å². The summed E-state index contributed by atoms with van der Waals surface area (Å²) in [6.45, 7) is 10.4. The molecule has 2 heteroatoms. The maximum absolute atomic E-state index is 3.48. The number of hydrogen-bond donors (Lipinski definition) is 1. The van der Waals surface area contributed by atoms with Gasteiger partial charge in [-0.25, -0.2) is 0 Å². The van der Waals surface area contributed by atoms with Gasteiger partial charge in [-0.05, 0) is 19.4 Å². The lowest BCUT2D eigenvalue weighted by atomic mass is 9.93. The van der Waals surface area contributed by atoms with Crippen LogP contribution in [-0.2, 0) is 0 Å². The predicted molar refractivity (Wildman–Crippen MR) is 48.7 cm³/mol. The van der Waals surface area contributed by atoms with Gasteiger partial charge in [0.2, 0.25) is 0 Å². The molecule has 0 aliphatic carbocycles. The number of nitrogens with one attached hydrogen (secondary N) is 1. The van der Waals surface area contributed by atoms with E-state index in [0.717, 1.165) is 13.1 Å². The first-order valence-corrected chi connectivity index (χ1v) is 4.42. The summed E-state index contributed by atoms with van der Waals surface area (Å²) < 4.78 is 0. The van der Waals surface area contributed by atoms with Crippen molar-refractivity contribution >= 4 is 0 Å². The lowest BCUT2D eigenvalue weighted by Gasteiger charge is -2.28. The van der Waals surface area contributed by atoms with E-state index in [9.17, 15) is 0 Å². The van der Waals surface area contributed by atoms with Gasteiger partial charge in [0.05, 0.1) is 0 Å². The molecular weight excluding hydrogens is 136 g/mol. The smallest absolute Gasteiger partial charge is 0.0189 e. The molecule has 1 aliphatic heterocycles. The summed E-state index contributed by atoms with van der Waals surface area (Å²) in [5.41, 5.74) is 0.430. The Labute approximate surface area is 70.0 Å². The molecule has 0 radical (unpaired) electrons. The van der Waals surface area contributed by atoms with Gasteiger partial charge in [0.15, 0.2) is 0 Å². The highest BCUT2D eigenvalue weighted by atomic mass is 15.2. The summed E-state index contributed by atoms with van der Waals surface area (Å²) in [6.07, 6.45) is 0. The zero-order valence-electron chi connectivity index (χ0n) is 8.15. The Morgan fingerprint density at radius 1 is 1.45 bits per heavy atom. The maximum Gasteiger partial charge on any atom is 0.0189 e. The second kappa shape index (κ2) is 3.11. The molecule has 0 aromatic rings. The summed E-state index contributed by atoms with van der Waals surface area (Å²) in [5.74, 6) is 0. The van der Waals surface area contributed by atoms with Crippen LogP contribution in [0.2, 0.25) is 0 Å². The van der Waals surface area contributed by atoms with E-state index in [1.165, 1.54) is 6.54 Å². The highest BCUT2D eigenvalue weighted by molar-refractivity contribution is 4.82. The molecule has 1 fully saturated rings. The van der Waals surface area contributed by atoms with E-state index in [-0.39, 0.29) is 0 Å². The minimum Gasteiger partial charge on any atom is -0.315 e. The minimum atomic E-state index is 0.430. The molecule has 1 saturated heterocycles. The molecule has 2 nitrogen and oxygen atoms in total. The van der Waals surface area contributed by atoms with E-state index in [0.29, 0.717) is 11.5 Å². The number of hydrogen-bond acceptors (Lipinski definition) is 2. The lowest BCUT2D eigenvalue weighted by Crippen LogP contribution is -2.36. The van der Waals surface area contributed by atoms with E-state index in [1.807, 2.05) is 0 Å². The molecule has 1 N–H and O–H groups in total. The van der Waals surface area contributed by atoms with Crippen LogP contribution in [0.15, 0.2) is 0 Å². The standard InChI is InChI=1S/C9H20N2/c1-8-5-10-6-9(2,3)7-11(8)4/h8,10H,5-7H2,1-4H3. The second-order valence-corrected chi connectivity index (χ2v) is 4.56. The monoisotopic (exact) mass is 156 g/mol. The predicted octanol–water partition coefficient (Wildman–Crippen LogP) is 0.936. The van der Waals surface area contributed by atoms with Gasteiger partial charge in [-0.1, -0.05) is 13.8 Å². The fourth-order valence-electron chi connectivity index (χ4n) is 1.66. The van der Waals surface area contributed by atoms with E-state index >= 15 is 0 Å². The van der Waals surface area contributed by atoms with Crippen LogP contribution in [0, 0.1) is 5.41 Å². The molecule has 1 atom stereocenters. The molecule has 1 heterocycles. The third-order valence-electron chi connectivity index (χ3n) is 2.47. The van der Waals surface area contributed by atoms with Crippen molar-refractivity contribution in [2.75, 3.05) is 26.7 Å². The van der Waals surface area contributed by atoms with Crippen molar-refractivity contribution in [2.24, 2.45) is 5.41 Å². The Bertz CT molecular complexity index is 132. The molecule has 0 bridgehead atoms. The van der Waals surface area contributed by atoms with Crippen LogP contribution in [0.1, 0.15) is 20.8 Å². The molecule has 0 spiro atoms. The van der Waals surface area contributed by atoms with Crippen molar-refractivity contribution in [1.29, 1.82) is 0 Å². The van der Waals surface area contributed by atoms with Crippen LogP contribution in [0.3, 0.4) is 0 Å². The number of rotatable bonds is 0. The average molecular weight is 156 g/mol. The van der Waals surface area contributed by atoms with Gasteiger partial charge in [0.1, 0.15) is 0 Å². The Morgan fingerprint density at radius 2 is 2.09 bits per heavy atom. The van der Waals surface area contributed by atoms with Crippen LogP contribution >= 0.6 is 0 Å². The van der Waals surface area contributed by atoms with Gasteiger partial charge in [0, 0.05) is 25.7 Å². The van der Waals surface area contributed by atoms with Crippen molar-refractivity contribution in [1.82, 2.24) is 10.2 Å². The van der Waals surface area contributed by atoms with Crippen LogP contribution < -0.4 is 5.32 Å². The number of nitrogens with zero attached hydrogens (tertiary/aromatic N) is 1. The average Bonchev–Trinajstić information content (AvgIpc) is 1.93. The van der Waals surface area contributed by atoms with Crippen molar-refractivity contribution in [2.45, 2.75) is 26.8 Å². The van der Waals surface area contributed by atoms with Crippen molar-refractivity contribution in [3.8, 4) is 0 Å². The molecule has 0 amide bonds. The normalized spacial score (nSPS) is 33.3. The Kier molecular flexibility index (Phi) is 2.55. The van der Waals surface area contributed by atoms with Crippen molar-refractivity contribution in [3.63, 3.8) is 0 Å². The van der Waals surface area contributed by atoms with E-state index in [4.69, 9.17) is 0 Å². The Morgan fingerprint density at radius 3 is 2.73 bits per heavy atom. The molecule has 0 aromatic heterocycles. The van der Waals surface area contributed by atoms with E-state index in [2.05, 4.69) is 38.0 Å². The first kappa shape index (κ1) is 9.01. The molecule has 1 aliphatic rings. The second-order valence-electron chi connectivity index (χ2n) is 4.56. The van der Waals surface area contributed by atoms with Gasteiger partial charge < -0.3 is 10.2 Å². The quantitative estimate of drug-likeness (QED) is 0.561. The van der Waals surface area contributed by atoms with Crippen LogP contribution in [-0.4, -0.2) is 37.6 Å². The molecule has 11 heavy (non-hydrogen) atoms. The van der Waals surface area contributed by atoms with Crippen molar-refractivity contribution < 1.29 is 0 Å². The van der Waals surface area contributed by atoms with Crippen LogP contribution in [0.4, 0.5) is 0 Å². The summed E-state index contributed by atoms with van der Waals surface area (Å²) in [5, 5.41) is 3.48. The SMILES string of the molecule is CC1CNCC(C)(C)CN1C. The van der Waals surface area contributed by atoms with Gasteiger partial charge in [-0.2, -0.15) is 0 Å². The summed E-state index contributed by atoms with van der Waals surface area (Å²) in [6, 6.07) is 0.678. The zero-order valence-corrected chi connectivity index (χ0v) is 8.15. The first-order valence-electron chi connectivity index (χ1n) is 4.42. The van der Waals surface area contributed by atoms with Crippen molar-refractivity contribution in [3.05, 3.63) is 0 Å². The molecule has 0 aromatic carbocycles. The summed E-state index contributed by atoms with van der Waals surface area (Å²) in [4.78, 5) is 2.43. The first-order chi connectivity index (χ1) is 5.01. The summed E-state index contributed by atoms with van der Waals surface area (Å²) in [7, 11) is 2.21. The van der Waals surface area contributed by atoms with Gasteiger partial charge >= 0.3 is 0 Å². The molecule has 0 saturated carbocycles. The molecular formula is C9H20N2. The lowest BCUT2D eigenvalue weighted by molar-refractivity contribution is 0.203.